The van der Waals surface area contributed by atoms with Crippen LogP contribution in [0.1, 0.15) is 25.1 Å². The van der Waals surface area contributed by atoms with Crippen LogP contribution in [0, 0.1) is 5.92 Å². The van der Waals surface area contributed by atoms with Crippen LogP contribution in [0.4, 0.5) is 0 Å². The third kappa shape index (κ3) is 4.66. The molecule has 0 bridgehead atoms. The molecule has 1 unspecified atom stereocenters. The Balaban J connectivity index is 2.56. The molecule has 1 aromatic rings. The number of carbonyl (C=O) groups is 1. The molecule has 0 aliphatic heterocycles. The quantitative estimate of drug-likeness (QED) is 0.867. The normalized spacial score (nSPS) is 12.5. The number of amides is 1. The van der Waals surface area contributed by atoms with E-state index < -0.39 is 0 Å². The minimum Gasteiger partial charge on any atom is -0.338 e. The number of hydrogen-bond donors (Lipinski definition) is 1. The molecule has 0 radical (unpaired) electrons. The summed E-state index contributed by atoms with van der Waals surface area (Å²) < 4.78 is 0.763. The second-order valence-electron chi connectivity index (χ2n) is 4.16. The summed E-state index contributed by atoms with van der Waals surface area (Å²) in [5.74, 6) is 0.401. The van der Waals surface area contributed by atoms with E-state index in [4.69, 9.17) is 17.3 Å². The second-order valence-corrected chi connectivity index (χ2v) is 5.96. The van der Waals surface area contributed by atoms with Crippen molar-refractivity contribution in [2.75, 3.05) is 13.1 Å². The first-order valence-corrected chi connectivity index (χ1v) is 6.98. The van der Waals surface area contributed by atoms with E-state index in [0.29, 0.717) is 26.1 Å². The highest BCUT2D eigenvalue weighted by molar-refractivity contribution is 7.16. The van der Waals surface area contributed by atoms with Crippen LogP contribution in [-0.2, 0) is 11.3 Å². The van der Waals surface area contributed by atoms with E-state index in [2.05, 4.69) is 0 Å². The highest BCUT2D eigenvalue weighted by atomic mass is 35.5. The fourth-order valence-electron chi connectivity index (χ4n) is 1.51. The third-order valence-electron chi connectivity index (χ3n) is 2.64. The number of rotatable bonds is 6. The summed E-state index contributed by atoms with van der Waals surface area (Å²) in [4.78, 5) is 15.0. The number of nitrogens with two attached hydrogens (primary N) is 1. The lowest BCUT2D eigenvalue weighted by Gasteiger charge is -2.21. The first kappa shape index (κ1) is 14.5. The molecule has 0 fully saturated rings. The van der Waals surface area contributed by atoms with Gasteiger partial charge in [0.2, 0.25) is 5.91 Å². The van der Waals surface area contributed by atoms with Gasteiger partial charge in [0, 0.05) is 17.8 Å². The van der Waals surface area contributed by atoms with Gasteiger partial charge in [-0.05, 0) is 31.5 Å². The average Bonchev–Trinajstić information content (AvgIpc) is 2.71. The van der Waals surface area contributed by atoms with Crippen LogP contribution in [0.3, 0.4) is 0 Å². The molecular formula is C12H19ClN2OS. The van der Waals surface area contributed by atoms with Crippen molar-refractivity contribution in [3.05, 3.63) is 21.3 Å². The molecule has 1 aromatic heterocycles. The highest BCUT2D eigenvalue weighted by Crippen LogP contribution is 2.23. The van der Waals surface area contributed by atoms with Crippen LogP contribution in [-0.4, -0.2) is 23.9 Å². The first-order chi connectivity index (χ1) is 8.06. The van der Waals surface area contributed by atoms with E-state index >= 15 is 0 Å². The van der Waals surface area contributed by atoms with Crippen molar-refractivity contribution in [2.24, 2.45) is 11.7 Å². The summed E-state index contributed by atoms with van der Waals surface area (Å²) in [5.41, 5.74) is 5.53. The summed E-state index contributed by atoms with van der Waals surface area (Å²) in [5, 5.41) is 0. The number of carbonyl (C=O) groups excluding carboxylic acids is 1. The van der Waals surface area contributed by atoms with Gasteiger partial charge in [0.25, 0.3) is 0 Å². The Hall–Kier alpha value is -0.580. The Morgan fingerprint density at radius 2 is 2.29 bits per heavy atom. The lowest BCUT2D eigenvalue weighted by atomic mass is 10.1. The summed E-state index contributed by atoms with van der Waals surface area (Å²) in [6, 6.07) is 3.83. The SMILES string of the molecule is CCN(Cc1ccc(Cl)s1)C(=O)CC(C)CN. The van der Waals surface area contributed by atoms with Crippen molar-refractivity contribution in [1.82, 2.24) is 4.90 Å². The van der Waals surface area contributed by atoms with Gasteiger partial charge < -0.3 is 10.6 Å². The lowest BCUT2D eigenvalue weighted by molar-refractivity contribution is -0.132. The van der Waals surface area contributed by atoms with E-state index in [-0.39, 0.29) is 11.8 Å². The molecule has 1 rings (SSSR count). The van der Waals surface area contributed by atoms with E-state index in [0.717, 1.165) is 9.21 Å². The molecule has 0 aliphatic rings. The Morgan fingerprint density at radius 3 is 2.76 bits per heavy atom. The third-order valence-corrected chi connectivity index (χ3v) is 3.85. The summed E-state index contributed by atoms with van der Waals surface area (Å²) in [6.45, 7) is 5.89. The fraction of sp³-hybridized carbons (Fsp3) is 0.583. The van der Waals surface area contributed by atoms with Gasteiger partial charge >= 0.3 is 0 Å². The van der Waals surface area contributed by atoms with E-state index in [1.54, 1.807) is 0 Å². The maximum atomic E-state index is 12.0. The minimum absolute atomic E-state index is 0.162. The Morgan fingerprint density at radius 1 is 1.59 bits per heavy atom. The zero-order chi connectivity index (χ0) is 12.8. The monoisotopic (exact) mass is 274 g/mol. The van der Waals surface area contributed by atoms with E-state index in [9.17, 15) is 4.79 Å². The van der Waals surface area contributed by atoms with Gasteiger partial charge in [-0.15, -0.1) is 11.3 Å². The van der Waals surface area contributed by atoms with E-state index in [1.165, 1.54) is 11.3 Å². The highest BCUT2D eigenvalue weighted by Gasteiger charge is 2.15. The van der Waals surface area contributed by atoms with Gasteiger partial charge in [-0.25, -0.2) is 0 Å². The molecule has 0 aromatic carbocycles. The first-order valence-electron chi connectivity index (χ1n) is 5.78. The maximum Gasteiger partial charge on any atom is 0.223 e. The van der Waals surface area contributed by atoms with Gasteiger partial charge in [-0.1, -0.05) is 18.5 Å². The molecule has 5 heteroatoms. The summed E-state index contributed by atoms with van der Waals surface area (Å²) >= 11 is 7.39. The predicted octanol–water partition coefficient (Wildman–Crippen LogP) is 2.73. The number of halogens is 1. The maximum absolute atomic E-state index is 12.0. The van der Waals surface area contributed by atoms with Gasteiger partial charge in [0.1, 0.15) is 0 Å². The van der Waals surface area contributed by atoms with Gasteiger partial charge in [-0.3, -0.25) is 4.79 Å². The van der Waals surface area contributed by atoms with Crippen LogP contribution in [0.25, 0.3) is 0 Å². The average molecular weight is 275 g/mol. The molecule has 96 valence electrons. The Labute approximate surface area is 112 Å². The molecule has 0 saturated carbocycles. The summed E-state index contributed by atoms with van der Waals surface area (Å²) in [6.07, 6.45) is 0.517. The number of hydrogen-bond acceptors (Lipinski definition) is 3. The van der Waals surface area contributed by atoms with Crippen LogP contribution in [0.2, 0.25) is 4.34 Å². The van der Waals surface area contributed by atoms with Gasteiger partial charge in [-0.2, -0.15) is 0 Å². The molecule has 1 heterocycles. The van der Waals surface area contributed by atoms with Gasteiger partial charge in [0.05, 0.1) is 10.9 Å². The molecule has 2 N–H and O–H groups in total. The Bertz CT molecular complexity index is 367. The zero-order valence-corrected chi connectivity index (χ0v) is 11.9. The van der Waals surface area contributed by atoms with Crippen LogP contribution >= 0.6 is 22.9 Å². The smallest absolute Gasteiger partial charge is 0.223 e. The molecule has 1 amide bonds. The van der Waals surface area contributed by atoms with Crippen molar-refractivity contribution in [1.29, 1.82) is 0 Å². The largest absolute Gasteiger partial charge is 0.338 e. The lowest BCUT2D eigenvalue weighted by Crippen LogP contribution is -2.32. The van der Waals surface area contributed by atoms with Crippen molar-refractivity contribution in [3.63, 3.8) is 0 Å². The second kappa shape index (κ2) is 6.99. The molecule has 17 heavy (non-hydrogen) atoms. The van der Waals surface area contributed by atoms with Crippen LogP contribution < -0.4 is 5.73 Å². The van der Waals surface area contributed by atoms with E-state index in [1.807, 2.05) is 30.9 Å². The Kier molecular flexibility index (Phi) is 5.95. The fourth-order valence-corrected chi connectivity index (χ4v) is 2.62. The van der Waals surface area contributed by atoms with Crippen molar-refractivity contribution < 1.29 is 4.79 Å². The molecular weight excluding hydrogens is 256 g/mol. The molecule has 0 saturated heterocycles. The molecule has 0 aliphatic carbocycles. The van der Waals surface area contributed by atoms with Crippen LogP contribution in [0.15, 0.2) is 12.1 Å². The van der Waals surface area contributed by atoms with Crippen molar-refractivity contribution in [3.8, 4) is 0 Å². The van der Waals surface area contributed by atoms with Crippen molar-refractivity contribution in [2.45, 2.75) is 26.8 Å². The van der Waals surface area contributed by atoms with Gasteiger partial charge in [0.15, 0.2) is 0 Å². The topological polar surface area (TPSA) is 46.3 Å². The molecule has 3 nitrogen and oxygen atoms in total. The summed E-state index contributed by atoms with van der Waals surface area (Å²) in [7, 11) is 0. The zero-order valence-electron chi connectivity index (χ0n) is 10.3. The molecule has 0 spiro atoms. The minimum atomic E-state index is 0.162. The standard InChI is InChI=1S/C12H19ClN2OS/c1-3-15(12(16)6-9(2)7-14)8-10-4-5-11(13)17-10/h4-5,9H,3,6-8,14H2,1-2H3. The van der Waals surface area contributed by atoms with Crippen molar-refractivity contribution >= 4 is 28.8 Å². The number of nitrogens with zero attached hydrogens (tertiary/aromatic N) is 1. The molecule has 1 atom stereocenters. The number of thiophene rings is 1. The van der Waals surface area contributed by atoms with Crippen LogP contribution in [0.5, 0.6) is 0 Å². The predicted molar refractivity (Wildman–Crippen MR) is 73.3 cm³/mol.